The van der Waals surface area contributed by atoms with Gasteiger partial charge in [0.25, 0.3) is 0 Å². The van der Waals surface area contributed by atoms with Gasteiger partial charge in [0.05, 0.1) is 0 Å². The van der Waals surface area contributed by atoms with E-state index >= 15 is 0 Å². The van der Waals surface area contributed by atoms with E-state index in [9.17, 15) is 0 Å². The molecule has 0 atom stereocenters. The normalized spacial score (nSPS) is 15.5. The van der Waals surface area contributed by atoms with E-state index in [0.717, 1.165) is 43.5 Å². The Kier molecular flexibility index (Phi) is 3.59. The van der Waals surface area contributed by atoms with Gasteiger partial charge in [-0.15, -0.1) is 0 Å². The Morgan fingerprint density at radius 3 is 2.62 bits per heavy atom. The van der Waals surface area contributed by atoms with Crippen LogP contribution in [-0.4, -0.2) is 29.6 Å². The van der Waals surface area contributed by atoms with Gasteiger partial charge in [0, 0.05) is 31.4 Å². The average Bonchev–Trinajstić information content (AvgIpc) is 2.82. The average molecular weight is 220 g/mol. The monoisotopic (exact) mass is 220 g/mol. The van der Waals surface area contributed by atoms with Crippen LogP contribution in [0.1, 0.15) is 32.4 Å². The summed E-state index contributed by atoms with van der Waals surface area (Å²) in [6.45, 7) is 7.31. The van der Waals surface area contributed by atoms with Crippen molar-refractivity contribution in [1.29, 1.82) is 0 Å². The molecule has 1 aliphatic heterocycles. The fraction of sp³-hybridized carbons (Fsp3) is 0.667. The van der Waals surface area contributed by atoms with Crippen molar-refractivity contribution < 1.29 is 0 Å². The molecule has 0 saturated carbocycles. The van der Waals surface area contributed by atoms with Crippen molar-refractivity contribution in [3.8, 4) is 0 Å². The lowest BCUT2D eigenvalue weighted by molar-refractivity contribution is 0.874. The van der Waals surface area contributed by atoms with Gasteiger partial charge >= 0.3 is 0 Å². The number of hydrogen-bond donors (Lipinski definition) is 1. The number of nitrogens with zero attached hydrogens (tertiary/aromatic N) is 3. The Hall–Kier alpha value is -1.32. The summed E-state index contributed by atoms with van der Waals surface area (Å²) in [5.74, 6) is 1.85. The first-order valence-electron chi connectivity index (χ1n) is 6.20. The van der Waals surface area contributed by atoms with Crippen LogP contribution in [0.15, 0.2) is 6.07 Å². The predicted octanol–water partition coefficient (Wildman–Crippen LogP) is 2.07. The molecule has 1 N–H and O–H groups in total. The molecule has 0 aliphatic carbocycles. The highest BCUT2D eigenvalue weighted by Gasteiger charge is 2.16. The molecule has 0 unspecified atom stereocenters. The van der Waals surface area contributed by atoms with E-state index in [1.54, 1.807) is 0 Å². The van der Waals surface area contributed by atoms with Crippen molar-refractivity contribution in [3.63, 3.8) is 0 Å². The van der Waals surface area contributed by atoms with Crippen LogP contribution in [0, 0.1) is 0 Å². The third kappa shape index (κ3) is 2.43. The highest BCUT2D eigenvalue weighted by atomic mass is 15.3. The molecule has 16 heavy (non-hydrogen) atoms. The van der Waals surface area contributed by atoms with E-state index in [-0.39, 0.29) is 0 Å². The molecule has 1 aromatic heterocycles. The summed E-state index contributed by atoms with van der Waals surface area (Å²) in [7, 11) is 0. The van der Waals surface area contributed by atoms with Gasteiger partial charge in [-0.25, -0.2) is 4.98 Å². The fourth-order valence-corrected chi connectivity index (χ4v) is 1.99. The van der Waals surface area contributed by atoms with Gasteiger partial charge in [0.1, 0.15) is 5.82 Å². The smallest absolute Gasteiger partial charge is 0.227 e. The van der Waals surface area contributed by atoms with Crippen LogP contribution in [-0.2, 0) is 6.42 Å². The standard InChI is InChI=1S/C12H20N4/c1-3-10-9-11(13-4-2)15-12(14-10)16-7-5-6-8-16/h9H,3-8H2,1-2H3,(H,13,14,15). The van der Waals surface area contributed by atoms with Crippen LogP contribution in [0.4, 0.5) is 11.8 Å². The number of aryl methyl sites for hydroxylation is 1. The molecule has 2 heterocycles. The zero-order valence-corrected chi connectivity index (χ0v) is 10.2. The maximum absolute atomic E-state index is 4.59. The van der Waals surface area contributed by atoms with E-state index in [2.05, 4.69) is 34.0 Å². The highest BCUT2D eigenvalue weighted by Crippen LogP contribution is 2.18. The first-order chi connectivity index (χ1) is 7.83. The lowest BCUT2D eigenvalue weighted by Crippen LogP contribution is -2.21. The van der Waals surface area contributed by atoms with E-state index in [1.807, 2.05) is 6.07 Å². The van der Waals surface area contributed by atoms with Crippen LogP contribution in [0.3, 0.4) is 0 Å². The second-order valence-electron chi connectivity index (χ2n) is 4.12. The minimum absolute atomic E-state index is 0.896. The Morgan fingerprint density at radius 1 is 1.25 bits per heavy atom. The van der Waals surface area contributed by atoms with Crippen molar-refractivity contribution in [3.05, 3.63) is 11.8 Å². The SMILES string of the molecule is CCNc1cc(CC)nc(N2CCCC2)n1. The number of anilines is 2. The summed E-state index contributed by atoms with van der Waals surface area (Å²) in [4.78, 5) is 11.4. The first-order valence-corrected chi connectivity index (χ1v) is 6.20. The molecule has 2 rings (SSSR count). The second-order valence-corrected chi connectivity index (χ2v) is 4.12. The summed E-state index contributed by atoms with van der Waals surface area (Å²) in [6, 6.07) is 2.04. The molecule has 0 spiro atoms. The number of hydrogen-bond acceptors (Lipinski definition) is 4. The van der Waals surface area contributed by atoms with Crippen molar-refractivity contribution in [2.24, 2.45) is 0 Å². The van der Waals surface area contributed by atoms with Crippen LogP contribution in [0.2, 0.25) is 0 Å². The topological polar surface area (TPSA) is 41.1 Å². The van der Waals surface area contributed by atoms with Crippen molar-refractivity contribution in [1.82, 2.24) is 9.97 Å². The summed E-state index contributed by atoms with van der Waals surface area (Å²) >= 11 is 0. The molecule has 1 aromatic rings. The number of nitrogens with one attached hydrogen (secondary N) is 1. The third-order valence-corrected chi connectivity index (χ3v) is 2.88. The summed E-state index contributed by atoms with van der Waals surface area (Å²) in [6.07, 6.45) is 3.48. The largest absolute Gasteiger partial charge is 0.370 e. The molecule has 1 fully saturated rings. The quantitative estimate of drug-likeness (QED) is 0.843. The van der Waals surface area contributed by atoms with E-state index < -0.39 is 0 Å². The van der Waals surface area contributed by atoms with Crippen LogP contribution in [0.25, 0.3) is 0 Å². The zero-order chi connectivity index (χ0) is 11.4. The van der Waals surface area contributed by atoms with Crippen molar-refractivity contribution >= 4 is 11.8 Å². The van der Waals surface area contributed by atoms with Gasteiger partial charge < -0.3 is 10.2 Å². The molecular formula is C12H20N4. The van der Waals surface area contributed by atoms with Gasteiger partial charge in [-0.1, -0.05) is 6.92 Å². The predicted molar refractivity (Wildman–Crippen MR) is 67.0 cm³/mol. The minimum Gasteiger partial charge on any atom is -0.370 e. The number of rotatable bonds is 4. The summed E-state index contributed by atoms with van der Waals surface area (Å²) < 4.78 is 0. The van der Waals surface area contributed by atoms with Gasteiger partial charge in [-0.2, -0.15) is 4.98 Å². The Morgan fingerprint density at radius 2 is 2.00 bits per heavy atom. The van der Waals surface area contributed by atoms with E-state index in [0.29, 0.717) is 0 Å². The Bertz CT molecular complexity index is 345. The van der Waals surface area contributed by atoms with E-state index in [4.69, 9.17) is 0 Å². The second kappa shape index (κ2) is 5.14. The van der Waals surface area contributed by atoms with Gasteiger partial charge in [-0.3, -0.25) is 0 Å². The molecular weight excluding hydrogens is 200 g/mol. The maximum atomic E-state index is 4.59. The van der Waals surface area contributed by atoms with Crippen molar-refractivity contribution in [2.75, 3.05) is 29.9 Å². The molecule has 1 saturated heterocycles. The van der Waals surface area contributed by atoms with Crippen LogP contribution < -0.4 is 10.2 Å². The first kappa shape index (κ1) is 11.2. The lowest BCUT2D eigenvalue weighted by atomic mass is 10.3. The molecule has 0 amide bonds. The summed E-state index contributed by atoms with van der Waals surface area (Å²) in [5.41, 5.74) is 1.12. The highest BCUT2D eigenvalue weighted by molar-refractivity contribution is 5.44. The third-order valence-electron chi connectivity index (χ3n) is 2.88. The molecule has 4 nitrogen and oxygen atoms in total. The maximum Gasteiger partial charge on any atom is 0.227 e. The van der Waals surface area contributed by atoms with Gasteiger partial charge in [0.2, 0.25) is 5.95 Å². The minimum atomic E-state index is 0.896. The summed E-state index contributed by atoms with van der Waals surface area (Å²) in [5, 5.41) is 3.27. The molecule has 0 radical (unpaired) electrons. The molecule has 4 heteroatoms. The zero-order valence-electron chi connectivity index (χ0n) is 10.2. The fourth-order valence-electron chi connectivity index (χ4n) is 1.99. The molecule has 1 aliphatic rings. The Balaban J connectivity index is 2.24. The van der Waals surface area contributed by atoms with E-state index in [1.165, 1.54) is 12.8 Å². The molecule has 0 bridgehead atoms. The van der Waals surface area contributed by atoms with Crippen molar-refractivity contribution in [2.45, 2.75) is 33.1 Å². The molecule has 88 valence electrons. The number of aromatic nitrogens is 2. The van der Waals surface area contributed by atoms with Gasteiger partial charge in [0.15, 0.2) is 0 Å². The van der Waals surface area contributed by atoms with Crippen LogP contribution >= 0.6 is 0 Å². The molecule has 0 aromatic carbocycles. The van der Waals surface area contributed by atoms with Crippen LogP contribution in [0.5, 0.6) is 0 Å². The van der Waals surface area contributed by atoms with Gasteiger partial charge in [-0.05, 0) is 26.2 Å². The lowest BCUT2D eigenvalue weighted by Gasteiger charge is -2.17. The Labute approximate surface area is 97.1 Å².